The molecular weight excluding hydrogens is 490 g/mol. The fourth-order valence-electron chi connectivity index (χ4n) is 4.52. The number of hydrogen-bond acceptors (Lipinski definition) is 4. The maximum absolute atomic E-state index is 13.4. The summed E-state index contributed by atoms with van der Waals surface area (Å²) >= 11 is 4.87. The molecule has 170 valence electrons. The molecule has 32 heavy (non-hydrogen) atoms. The van der Waals surface area contributed by atoms with E-state index in [0.29, 0.717) is 29.9 Å². The first-order valence-electron chi connectivity index (χ1n) is 11.2. The van der Waals surface area contributed by atoms with Crippen molar-refractivity contribution in [3.63, 3.8) is 0 Å². The molecule has 1 N–H and O–H groups in total. The number of thiophene rings is 1. The predicted molar refractivity (Wildman–Crippen MR) is 132 cm³/mol. The molecule has 0 bridgehead atoms. The van der Waals surface area contributed by atoms with Gasteiger partial charge < -0.3 is 5.32 Å². The summed E-state index contributed by atoms with van der Waals surface area (Å²) in [5.74, 6) is 0.411. The van der Waals surface area contributed by atoms with Gasteiger partial charge in [0.2, 0.25) is 5.91 Å². The van der Waals surface area contributed by atoms with Crippen molar-refractivity contribution in [2.24, 2.45) is 11.8 Å². The Bertz CT molecular complexity index is 1220. The number of nitrogens with zero attached hydrogens (tertiary/aromatic N) is 2. The minimum Gasteiger partial charge on any atom is -0.356 e. The van der Waals surface area contributed by atoms with E-state index in [0.717, 1.165) is 42.1 Å². The molecule has 4 rings (SSSR count). The molecule has 0 atom stereocenters. The van der Waals surface area contributed by atoms with Crippen LogP contribution >= 0.6 is 27.3 Å². The molecule has 2 heterocycles. The van der Waals surface area contributed by atoms with E-state index in [1.807, 2.05) is 42.6 Å². The number of rotatable bonds is 7. The van der Waals surface area contributed by atoms with Crippen LogP contribution in [0, 0.1) is 11.8 Å². The van der Waals surface area contributed by atoms with E-state index in [1.165, 1.54) is 15.9 Å². The van der Waals surface area contributed by atoms with Crippen molar-refractivity contribution in [2.45, 2.75) is 52.1 Å². The van der Waals surface area contributed by atoms with Crippen molar-refractivity contribution in [3.05, 3.63) is 66.6 Å². The molecule has 0 spiro atoms. The van der Waals surface area contributed by atoms with Gasteiger partial charge in [0.25, 0.3) is 5.56 Å². The van der Waals surface area contributed by atoms with Crippen LogP contribution in [0.15, 0.2) is 49.8 Å². The standard InChI is InChI=1S/C24H28BrN3O3S/c1-2-11-26-22(29)18-8-6-16(7-9-18)14-28-23(30)21-20(10-12-32-21)27(24(28)31)15-17-4-3-5-19(25)13-17/h3-5,10,12-13,16,18H,2,6-9,11,14-15H2,1H3,(H,26,29). The van der Waals surface area contributed by atoms with Crippen LogP contribution in [0.3, 0.4) is 0 Å². The van der Waals surface area contributed by atoms with Crippen molar-refractivity contribution in [1.29, 1.82) is 0 Å². The van der Waals surface area contributed by atoms with E-state index >= 15 is 0 Å². The summed E-state index contributed by atoms with van der Waals surface area (Å²) in [5, 5.41) is 4.86. The fourth-order valence-corrected chi connectivity index (χ4v) is 5.81. The van der Waals surface area contributed by atoms with Gasteiger partial charge in [-0.1, -0.05) is 35.0 Å². The first-order valence-corrected chi connectivity index (χ1v) is 12.9. The number of nitrogens with one attached hydrogen (secondary N) is 1. The molecule has 6 nitrogen and oxygen atoms in total. The average Bonchev–Trinajstić information content (AvgIpc) is 3.28. The van der Waals surface area contributed by atoms with Crippen LogP contribution in [0.5, 0.6) is 0 Å². The molecule has 0 aliphatic heterocycles. The van der Waals surface area contributed by atoms with Crippen molar-refractivity contribution < 1.29 is 4.79 Å². The Labute approximate surface area is 199 Å². The molecule has 3 aromatic rings. The lowest BCUT2D eigenvalue weighted by Gasteiger charge is -2.28. The number of halogens is 1. The molecule has 1 amide bonds. The first kappa shape index (κ1) is 23.0. The molecule has 0 radical (unpaired) electrons. The number of carbonyl (C=O) groups is 1. The molecule has 2 aromatic heterocycles. The molecule has 0 unspecified atom stereocenters. The van der Waals surface area contributed by atoms with Crippen LogP contribution in [-0.4, -0.2) is 21.6 Å². The third kappa shape index (κ3) is 4.91. The number of amides is 1. The van der Waals surface area contributed by atoms with E-state index in [-0.39, 0.29) is 29.0 Å². The average molecular weight is 518 g/mol. The minimum atomic E-state index is -0.260. The Balaban J connectivity index is 1.57. The van der Waals surface area contributed by atoms with Crippen LogP contribution in [0.4, 0.5) is 0 Å². The van der Waals surface area contributed by atoms with Gasteiger partial charge in [-0.05, 0) is 67.2 Å². The van der Waals surface area contributed by atoms with E-state index in [9.17, 15) is 14.4 Å². The van der Waals surface area contributed by atoms with Gasteiger partial charge in [0, 0.05) is 23.5 Å². The van der Waals surface area contributed by atoms with Crippen molar-refractivity contribution in [3.8, 4) is 0 Å². The molecule has 1 fully saturated rings. The fraction of sp³-hybridized carbons (Fsp3) is 0.458. The number of fused-ring (bicyclic) bond motifs is 1. The highest BCUT2D eigenvalue weighted by Gasteiger charge is 2.27. The smallest absolute Gasteiger partial charge is 0.331 e. The second-order valence-electron chi connectivity index (χ2n) is 8.56. The lowest BCUT2D eigenvalue weighted by molar-refractivity contribution is -0.126. The second-order valence-corrected chi connectivity index (χ2v) is 10.4. The Morgan fingerprint density at radius 3 is 2.66 bits per heavy atom. The van der Waals surface area contributed by atoms with E-state index in [2.05, 4.69) is 21.2 Å². The van der Waals surface area contributed by atoms with Crippen LogP contribution in [0.25, 0.3) is 10.2 Å². The molecule has 1 aliphatic carbocycles. The van der Waals surface area contributed by atoms with Crippen LogP contribution in [0.1, 0.15) is 44.6 Å². The molecule has 0 saturated heterocycles. The van der Waals surface area contributed by atoms with Crippen molar-refractivity contribution in [1.82, 2.24) is 14.5 Å². The maximum Gasteiger partial charge on any atom is 0.331 e. The van der Waals surface area contributed by atoms with E-state index in [4.69, 9.17) is 0 Å². The quantitative estimate of drug-likeness (QED) is 0.505. The summed E-state index contributed by atoms with van der Waals surface area (Å²) in [6.45, 7) is 3.58. The van der Waals surface area contributed by atoms with Crippen LogP contribution < -0.4 is 16.6 Å². The summed E-state index contributed by atoms with van der Waals surface area (Å²) in [5.41, 5.74) is 1.23. The lowest BCUT2D eigenvalue weighted by atomic mass is 9.81. The van der Waals surface area contributed by atoms with E-state index < -0.39 is 0 Å². The Kier molecular flexibility index (Phi) is 7.30. The highest BCUT2D eigenvalue weighted by molar-refractivity contribution is 9.10. The third-order valence-electron chi connectivity index (χ3n) is 6.27. The lowest BCUT2D eigenvalue weighted by Crippen LogP contribution is -2.42. The molecule has 1 saturated carbocycles. The van der Waals surface area contributed by atoms with Gasteiger partial charge >= 0.3 is 5.69 Å². The monoisotopic (exact) mass is 517 g/mol. The zero-order chi connectivity index (χ0) is 22.7. The third-order valence-corrected chi connectivity index (χ3v) is 7.66. The SMILES string of the molecule is CCCNC(=O)C1CCC(Cn2c(=O)c3sccc3n(Cc3cccc(Br)c3)c2=O)CC1. The van der Waals surface area contributed by atoms with Crippen molar-refractivity contribution >= 4 is 43.4 Å². The maximum atomic E-state index is 13.4. The molecule has 1 aromatic carbocycles. The van der Waals surface area contributed by atoms with Crippen LogP contribution in [0.2, 0.25) is 0 Å². The van der Waals surface area contributed by atoms with Gasteiger partial charge in [0.1, 0.15) is 4.70 Å². The summed E-state index contributed by atoms with van der Waals surface area (Å²) in [4.78, 5) is 38.8. The molecule has 1 aliphatic rings. The van der Waals surface area contributed by atoms with Crippen molar-refractivity contribution in [2.75, 3.05) is 6.54 Å². The number of hydrogen-bond donors (Lipinski definition) is 1. The number of aromatic nitrogens is 2. The van der Waals surface area contributed by atoms with Gasteiger partial charge in [-0.25, -0.2) is 4.79 Å². The summed E-state index contributed by atoms with van der Waals surface area (Å²) in [6.07, 6.45) is 4.25. The minimum absolute atomic E-state index is 0.0440. The Morgan fingerprint density at radius 1 is 1.16 bits per heavy atom. The number of carbonyl (C=O) groups excluding carboxylic acids is 1. The largest absolute Gasteiger partial charge is 0.356 e. The van der Waals surface area contributed by atoms with Gasteiger partial charge in [0.05, 0.1) is 12.1 Å². The highest BCUT2D eigenvalue weighted by atomic mass is 79.9. The van der Waals surface area contributed by atoms with E-state index in [1.54, 1.807) is 4.57 Å². The first-order chi connectivity index (χ1) is 15.5. The zero-order valence-corrected chi connectivity index (χ0v) is 20.6. The van der Waals surface area contributed by atoms with Gasteiger partial charge in [-0.3, -0.25) is 18.7 Å². The summed E-state index contributed by atoms with van der Waals surface area (Å²) < 4.78 is 4.70. The molecule has 8 heteroatoms. The zero-order valence-electron chi connectivity index (χ0n) is 18.2. The topological polar surface area (TPSA) is 73.1 Å². The summed E-state index contributed by atoms with van der Waals surface area (Å²) in [6, 6.07) is 9.72. The van der Waals surface area contributed by atoms with Crippen LogP contribution in [-0.2, 0) is 17.9 Å². The van der Waals surface area contributed by atoms with Gasteiger partial charge in [0.15, 0.2) is 0 Å². The Hall–Kier alpha value is -2.19. The number of benzene rings is 1. The van der Waals surface area contributed by atoms with Gasteiger partial charge in [-0.2, -0.15) is 0 Å². The predicted octanol–water partition coefficient (Wildman–Crippen LogP) is 4.37. The van der Waals surface area contributed by atoms with Gasteiger partial charge in [-0.15, -0.1) is 11.3 Å². The summed E-state index contributed by atoms with van der Waals surface area (Å²) in [7, 11) is 0. The second kappa shape index (κ2) is 10.2. The normalized spacial score (nSPS) is 18.7. The Morgan fingerprint density at radius 2 is 1.94 bits per heavy atom. The molecular formula is C24H28BrN3O3S. The highest BCUT2D eigenvalue weighted by Crippen LogP contribution is 2.30.